The summed E-state index contributed by atoms with van der Waals surface area (Å²) in [4.78, 5) is 26.3. The molecule has 7 nitrogen and oxygen atoms in total. The van der Waals surface area contributed by atoms with Crippen LogP contribution in [0.3, 0.4) is 0 Å². The van der Waals surface area contributed by atoms with E-state index in [0.29, 0.717) is 41.0 Å². The molecule has 4 rings (SSSR count). The van der Waals surface area contributed by atoms with Crippen LogP contribution in [0.1, 0.15) is 5.56 Å². The molecule has 1 heterocycles. The first-order valence-corrected chi connectivity index (χ1v) is 10.5. The van der Waals surface area contributed by atoms with Crippen molar-refractivity contribution in [2.75, 3.05) is 35.3 Å². The van der Waals surface area contributed by atoms with E-state index in [1.165, 1.54) is 0 Å². The number of carbonyl (C=O) groups is 2. The van der Waals surface area contributed by atoms with Crippen LogP contribution < -0.4 is 25.0 Å². The van der Waals surface area contributed by atoms with Crippen LogP contribution in [-0.4, -0.2) is 31.7 Å². The smallest absolute Gasteiger partial charge is 0.323 e. The lowest BCUT2D eigenvalue weighted by Crippen LogP contribution is -2.41. The van der Waals surface area contributed by atoms with Gasteiger partial charge in [0.15, 0.2) is 6.61 Å². The highest BCUT2D eigenvalue weighted by Crippen LogP contribution is 2.34. The average Bonchev–Trinajstić information content (AvgIpc) is 2.78. The molecular weight excluding hydrogens is 430 g/mol. The molecule has 0 spiro atoms. The summed E-state index contributed by atoms with van der Waals surface area (Å²) < 4.78 is 11.3. The van der Waals surface area contributed by atoms with Gasteiger partial charge in [-0.3, -0.25) is 4.79 Å². The Morgan fingerprint density at radius 2 is 1.72 bits per heavy atom. The number of rotatable bonds is 6. The Hall–Kier alpha value is -3.71. The van der Waals surface area contributed by atoms with Gasteiger partial charge in [0.2, 0.25) is 0 Å². The molecule has 0 saturated heterocycles. The number of anilines is 3. The number of nitrogens with one attached hydrogen (secondary N) is 2. The zero-order valence-corrected chi connectivity index (χ0v) is 18.2. The maximum absolute atomic E-state index is 12.4. The molecule has 3 aromatic rings. The van der Waals surface area contributed by atoms with Crippen LogP contribution in [0.4, 0.5) is 21.9 Å². The normalized spacial score (nSPS) is 12.6. The first kappa shape index (κ1) is 21.5. The molecule has 8 heteroatoms. The van der Waals surface area contributed by atoms with Gasteiger partial charge in [0.05, 0.1) is 12.2 Å². The van der Waals surface area contributed by atoms with E-state index in [4.69, 9.17) is 21.1 Å². The molecule has 32 heavy (non-hydrogen) atoms. The van der Waals surface area contributed by atoms with Crippen molar-refractivity contribution in [2.24, 2.45) is 0 Å². The van der Waals surface area contributed by atoms with E-state index >= 15 is 0 Å². The quantitative estimate of drug-likeness (QED) is 0.546. The molecule has 0 fully saturated rings. The van der Waals surface area contributed by atoms with Gasteiger partial charge in [0.1, 0.15) is 18.1 Å². The number of amides is 3. The lowest BCUT2D eigenvalue weighted by atomic mass is 10.2. The summed E-state index contributed by atoms with van der Waals surface area (Å²) >= 11 is 5.86. The molecule has 3 amide bonds. The Bertz CT molecular complexity index is 1120. The molecule has 0 atom stereocenters. The minimum absolute atomic E-state index is 0.0715. The third-order valence-electron chi connectivity index (χ3n) is 4.87. The number of fused-ring (bicyclic) bond motifs is 1. The number of ether oxygens (including phenoxy) is 2. The fourth-order valence-electron chi connectivity index (χ4n) is 3.24. The fraction of sp³-hybridized carbons (Fsp3) is 0.167. The minimum Gasteiger partial charge on any atom is -0.492 e. The Morgan fingerprint density at radius 3 is 2.47 bits per heavy atom. The second-order valence-corrected chi connectivity index (χ2v) is 7.70. The third kappa shape index (κ3) is 5.31. The van der Waals surface area contributed by atoms with Crippen LogP contribution in [-0.2, 0) is 4.79 Å². The highest BCUT2D eigenvalue weighted by atomic mass is 35.5. The first-order valence-electron chi connectivity index (χ1n) is 10.1. The van der Waals surface area contributed by atoms with Crippen molar-refractivity contribution in [2.45, 2.75) is 6.92 Å². The summed E-state index contributed by atoms with van der Waals surface area (Å²) in [5, 5.41) is 6.08. The SMILES string of the molecule is Cc1ccc(OCCN2C(=O)COc3cc(NC(=O)Nc4ccc(Cl)cc4)ccc32)cc1. The molecule has 0 unspecified atom stereocenters. The van der Waals surface area contributed by atoms with Crippen LogP contribution in [0, 0.1) is 6.92 Å². The topological polar surface area (TPSA) is 79.9 Å². The summed E-state index contributed by atoms with van der Waals surface area (Å²) in [6.07, 6.45) is 0. The van der Waals surface area contributed by atoms with Crippen molar-refractivity contribution in [3.8, 4) is 11.5 Å². The minimum atomic E-state index is -0.400. The molecule has 1 aliphatic rings. The number of hydrogen-bond acceptors (Lipinski definition) is 4. The van der Waals surface area contributed by atoms with Crippen molar-refractivity contribution in [1.82, 2.24) is 0 Å². The maximum atomic E-state index is 12.4. The van der Waals surface area contributed by atoms with Crippen LogP contribution >= 0.6 is 11.6 Å². The van der Waals surface area contributed by atoms with E-state index in [1.807, 2.05) is 31.2 Å². The number of aryl methyl sites for hydroxylation is 1. The molecule has 0 bridgehead atoms. The number of urea groups is 1. The zero-order valence-electron chi connectivity index (χ0n) is 17.4. The monoisotopic (exact) mass is 451 g/mol. The number of nitrogens with zero attached hydrogens (tertiary/aromatic N) is 1. The third-order valence-corrected chi connectivity index (χ3v) is 5.12. The number of benzene rings is 3. The van der Waals surface area contributed by atoms with Gasteiger partial charge in [-0.15, -0.1) is 0 Å². The molecule has 0 saturated carbocycles. The van der Waals surface area contributed by atoms with Crippen molar-refractivity contribution in [3.63, 3.8) is 0 Å². The number of halogens is 1. The van der Waals surface area contributed by atoms with E-state index in [0.717, 1.165) is 11.3 Å². The fourth-order valence-corrected chi connectivity index (χ4v) is 3.37. The van der Waals surface area contributed by atoms with E-state index < -0.39 is 6.03 Å². The molecule has 164 valence electrons. The maximum Gasteiger partial charge on any atom is 0.323 e. The Balaban J connectivity index is 1.38. The van der Waals surface area contributed by atoms with E-state index in [9.17, 15) is 9.59 Å². The van der Waals surface area contributed by atoms with Gasteiger partial charge < -0.3 is 25.0 Å². The summed E-state index contributed by atoms with van der Waals surface area (Å²) in [6, 6.07) is 19.3. The lowest BCUT2D eigenvalue weighted by molar-refractivity contribution is -0.121. The molecule has 2 N–H and O–H groups in total. The van der Waals surface area contributed by atoms with Crippen molar-refractivity contribution in [3.05, 3.63) is 77.3 Å². The van der Waals surface area contributed by atoms with E-state index in [1.54, 1.807) is 47.4 Å². The van der Waals surface area contributed by atoms with Crippen LogP contribution in [0.2, 0.25) is 5.02 Å². The average molecular weight is 452 g/mol. The standard InChI is InChI=1S/C24H22ClN3O4/c1-16-2-9-20(10-3-16)31-13-12-28-21-11-8-19(14-22(21)32-15-23(28)29)27-24(30)26-18-6-4-17(25)5-7-18/h2-11,14H,12-13,15H2,1H3,(H2,26,27,30). The Labute approximate surface area is 190 Å². The van der Waals surface area contributed by atoms with E-state index in [2.05, 4.69) is 10.6 Å². The van der Waals surface area contributed by atoms with Crippen LogP contribution in [0.5, 0.6) is 11.5 Å². The summed E-state index contributed by atoms with van der Waals surface area (Å²) in [5.74, 6) is 1.12. The molecular formula is C24H22ClN3O4. The van der Waals surface area contributed by atoms with Crippen molar-refractivity contribution >= 4 is 40.6 Å². The lowest BCUT2D eigenvalue weighted by Gasteiger charge is -2.29. The van der Waals surface area contributed by atoms with Gasteiger partial charge in [-0.2, -0.15) is 0 Å². The van der Waals surface area contributed by atoms with Crippen molar-refractivity contribution in [1.29, 1.82) is 0 Å². The summed E-state index contributed by atoms with van der Waals surface area (Å²) in [7, 11) is 0. The number of carbonyl (C=O) groups excluding carboxylic acids is 2. The molecule has 0 aromatic heterocycles. The predicted octanol–water partition coefficient (Wildman–Crippen LogP) is 5.10. The van der Waals surface area contributed by atoms with Gasteiger partial charge >= 0.3 is 6.03 Å². The van der Waals surface area contributed by atoms with Gasteiger partial charge in [0, 0.05) is 22.5 Å². The summed E-state index contributed by atoms with van der Waals surface area (Å²) in [5.41, 5.74) is 2.95. The Morgan fingerprint density at radius 1 is 1.03 bits per heavy atom. The van der Waals surface area contributed by atoms with E-state index in [-0.39, 0.29) is 12.5 Å². The highest BCUT2D eigenvalue weighted by molar-refractivity contribution is 6.30. The van der Waals surface area contributed by atoms with Crippen LogP contribution in [0.15, 0.2) is 66.7 Å². The largest absolute Gasteiger partial charge is 0.492 e. The molecule has 0 radical (unpaired) electrons. The summed E-state index contributed by atoms with van der Waals surface area (Å²) in [6.45, 7) is 2.67. The van der Waals surface area contributed by atoms with Crippen LogP contribution in [0.25, 0.3) is 0 Å². The predicted molar refractivity (Wildman–Crippen MR) is 125 cm³/mol. The van der Waals surface area contributed by atoms with Gasteiger partial charge in [-0.25, -0.2) is 4.79 Å². The number of hydrogen-bond donors (Lipinski definition) is 2. The second-order valence-electron chi connectivity index (χ2n) is 7.26. The molecule has 1 aliphatic heterocycles. The Kier molecular flexibility index (Phi) is 6.47. The van der Waals surface area contributed by atoms with Crippen molar-refractivity contribution < 1.29 is 19.1 Å². The van der Waals surface area contributed by atoms with Gasteiger partial charge in [-0.1, -0.05) is 29.3 Å². The second kappa shape index (κ2) is 9.62. The zero-order chi connectivity index (χ0) is 22.5. The molecule has 3 aromatic carbocycles. The van der Waals surface area contributed by atoms with Gasteiger partial charge in [-0.05, 0) is 55.5 Å². The van der Waals surface area contributed by atoms with Gasteiger partial charge in [0.25, 0.3) is 5.91 Å². The highest BCUT2D eigenvalue weighted by Gasteiger charge is 2.25. The first-order chi connectivity index (χ1) is 15.5. The molecule has 0 aliphatic carbocycles.